The smallest absolute Gasteiger partial charge is 0.250 e. The Kier molecular flexibility index (Phi) is 2.42. The summed E-state index contributed by atoms with van der Waals surface area (Å²) < 4.78 is 1.60. The Balaban J connectivity index is 2.08. The molecule has 1 saturated carbocycles. The number of aromatic nitrogens is 1. The summed E-state index contributed by atoms with van der Waals surface area (Å²) in [6.07, 6.45) is 4.45. The highest BCUT2D eigenvalue weighted by Crippen LogP contribution is 2.26. The van der Waals surface area contributed by atoms with Gasteiger partial charge in [0.05, 0.1) is 0 Å². The highest BCUT2D eigenvalue weighted by atomic mass is 16.1. The van der Waals surface area contributed by atoms with Gasteiger partial charge in [-0.2, -0.15) is 0 Å². The van der Waals surface area contributed by atoms with E-state index in [0.717, 1.165) is 18.2 Å². The van der Waals surface area contributed by atoms with E-state index >= 15 is 0 Å². The third-order valence-electron chi connectivity index (χ3n) is 2.77. The molecule has 1 aromatic rings. The first-order valence-electron chi connectivity index (χ1n) is 5.02. The summed E-state index contributed by atoms with van der Waals surface area (Å²) in [5, 5.41) is 0. The van der Waals surface area contributed by atoms with E-state index in [-0.39, 0.29) is 5.56 Å². The van der Waals surface area contributed by atoms with E-state index in [1.54, 1.807) is 17.7 Å². The zero-order valence-corrected chi connectivity index (χ0v) is 8.73. The molecule has 1 heterocycles. The van der Waals surface area contributed by atoms with E-state index < -0.39 is 0 Å². The third kappa shape index (κ3) is 2.04. The molecule has 0 atom stereocenters. The minimum absolute atomic E-state index is 0.0756. The van der Waals surface area contributed by atoms with Crippen molar-refractivity contribution >= 4 is 0 Å². The van der Waals surface area contributed by atoms with Gasteiger partial charge in [0.15, 0.2) is 0 Å². The van der Waals surface area contributed by atoms with Gasteiger partial charge in [0.2, 0.25) is 0 Å². The fourth-order valence-corrected chi connectivity index (χ4v) is 1.62. The van der Waals surface area contributed by atoms with Gasteiger partial charge in [0.25, 0.3) is 5.56 Å². The number of rotatable bonds is 3. The molecule has 3 nitrogen and oxygen atoms in total. The van der Waals surface area contributed by atoms with Crippen molar-refractivity contribution in [1.82, 2.24) is 9.47 Å². The first-order chi connectivity index (χ1) is 6.66. The highest BCUT2D eigenvalue weighted by Gasteiger charge is 2.25. The molecule has 1 aromatic heterocycles. The minimum atomic E-state index is 0.0756. The molecule has 0 N–H and O–H groups in total. The largest absolute Gasteiger partial charge is 0.319 e. The van der Waals surface area contributed by atoms with Crippen LogP contribution in [0.3, 0.4) is 0 Å². The van der Waals surface area contributed by atoms with Crippen LogP contribution in [0.4, 0.5) is 0 Å². The highest BCUT2D eigenvalue weighted by molar-refractivity contribution is 5.11. The van der Waals surface area contributed by atoms with E-state index in [1.807, 2.05) is 12.3 Å². The van der Waals surface area contributed by atoms with Gasteiger partial charge in [-0.3, -0.25) is 9.69 Å². The molecule has 14 heavy (non-hydrogen) atoms. The summed E-state index contributed by atoms with van der Waals surface area (Å²) in [6.45, 7) is 0.890. The normalized spacial score (nSPS) is 16.2. The summed E-state index contributed by atoms with van der Waals surface area (Å²) in [4.78, 5) is 13.7. The molecule has 1 aliphatic rings. The maximum Gasteiger partial charge on any atom is 0.250 e. The fraction of sp³-hybridized carbons (Fsp3) is 0.545. The lowest BCUT2D eigenvalue weighted by Crippen LogP contribution is -2.22. The van der Waals surface area contributed by atoms with E-state index in [2.05, 4.69) is 11.9 Å². The molecular weight excluding hydrogens is 176 g/mol. The van der Waals surface area contributed by atoms with Crippen LogP contribution in [-0.2, 0) is 13.6 Å². The van der Waals surface area contributed by atoms with Crippen molar-refractivity contribution in [2.75, 3.05) is 7.05 Å². The summed E-state index contributed by atoms with van der Waals surface area (Å²) in [6, 6.07) is 4.48. The van der Waals surface area contributed by atoms with Crippen LogP contribution in [-0.4, -0.2) is 22.6 Å². The van der Waals surface area contributed by atoms with Crippen LogP contribution >= 0.6 is 0 Å². The summed E-state index contributed by atoms with van der Waals surface area (Å²) in [7, 11) is 3.89. The number of pyridine rings is 1. The zero-order chi connectivity index (χ0) is 10.1. The van der Waals surface area contributed by atoms with Gasteiger partial charge in [-0.1, -0.05) is 0 Å². The second-order valence-corrected chi connectivity index (χ2v) is 4.13. The summed E-state index contributed by atoms with van der Waals surface area (Å²) in [5.41, 5.74) is 1.19. The molecule has 0 unspecified atom stereocenters. The molecule has 1 fully saturated rings. The maximum atomic E-state index is 11.4. The third-order valence-corrected chi connectivity index (χ3v) is 2.77. The molecular formula is C11H16N2O. The predicted molar refractivity (Wildman–Crippen MR) is 56.2 cm³/mol. The standard InChI is InChI=1S/C11H16N2O/c1-12-6-5-9(7-11(12)14)8-13(2)10-3-4-10/h5-7,10H,3-4,8H2,1-2H3. The molecule has 0 radical (unpaired) electrons. The fourth-order valence-electron chi connectivity index (χ4n) is 1.62. The van der Waals surface area contributed by atoms with Crippen LogP contribution in [0, 0.1) is 0 Å². The molecule has 0 saturated heterocycles. The van der Waals surface area contributed by atoms with Crippen molar-refractivity contribution in [1.29, 1.82) is 0 Å². The summed E-state index contributed by atoms with van der Waals surface area (Å²) in [5.74, 6) is 0. The lowest BCUT2D eigenvalue weighted by molar-refractivity contribution is 0.316. The van der Waals surface area contributed by atoms with Crippen molar-refractivity contribution in [3.63, 3.8) is 0 Å². The zero-order valence-electron chi connectivity index (χ0n) is 8.73. The van der Waals surface area contributed by atoms with Gasteiger partial charge in [-0.25, -0.2) is 0 Å². The van der Waals surface area contributed by atoms with Crippen LogP contribution in [0.25, 0.3) is 0 Å². The number of hydrogen-bond donors (Lipinski definition) is 0. The van der Waals surface area contributed by atoms with Crippen molar-refractivity contribution < 1.29 is 0 Å². The monoisotopic (exact) mass is 192 g/mol. The van der Waals surface area contributed by atoms with Crippen molar-refractivity contribution in [2.24, 2.45) is 7.05 Å². The topological polar surface area (TPSA) is 25.2 Å². The lowest BCUT2D eigenvalue weighted by Gasteiger charge is -2.15. The molecule has 3 heteroatoms. The predicted octanol–water partition coefficient (Wildman–Crippen LogP) is 0.979. The Morgan fingerprint density at radius 2 is 2.29 bits per heavy atom. The van der Waals surface area contributed by atoms with Crippen LogP contribution < -0.4 is 5.56 Å². The van der Waals surface area contributed by atoms with Gasteiger partial charge in [-0.05, 0) is 31.5 Å². The van der Waals surface area contributed by atoms with Gasteiger partial charge in [0.1, 0.15) is 0 Å². The Morgan fingerprint density at radius 1 is 1.57 bits per heavy atom. The molecule has 0 spiro atoms. The number of aryl methyl sites for hydroxylation is 1. The van der Waals surface area contributed by atoms with E-state index in [1.165, 1.54) is 12.8 Å². The molecule has 0 aromatic carbocycles. The van der Waals surface area contributed by atoms with Gasteiger partial charge in [-0.15, -0.1) is 0 Å². The minimum Gasteiger partial charge on any atom is -0.319 e. The average Bonchev–Trinajstić information content (AvgIpc) is 2.94. The Labute approximate surface area is 84.0 Å². The lowest BCUT2D eigenvalue weighted by atomic mass is 10.2. The summed E-state index contributed by atoms with van der Waals surface area (Å²) >= 11 is 0. The molecule has 76 valence electrons. The van der Waals surface area contributed by atoms with Crippen molar-refractivity contribution in [3.05, 3.63) is 34.2 Å². The van der Waals surface area contributed by atoms with E-state index in [4.69, 9.17) is 0 Å². The quantitative estimate of drug-likeness (QED) is 0.713. The second-order valence-electron chi connectivity index (χ2n) is 4.13. The van der Waals surface area contributed by atoms with Crippen LogP contribution in [0.15, 0.2) is 23.1 Å². The van der Waals surface area contributed by atoms with E-state index in [9.17, 15) is 4.79 Å². The van der Waals surface area contributed by atoms with Crippen molar-refractivity contribution in [2.45, 2.75) is 25.4 Å². The molecule has 0 amide bonds. The number of nitrogens with zero attached hydrogens (tertiary/aromatic N) is 2. The molecule has 0 bridgehead atoms. The van der Waals surface area contributed by atoms with Gasteiger partial charge < -0.3 is 4.57 Å². The van der Waals surface area contributed by atoms with Crippen molar-refractivity contribution in [3.8, 4) is 0 Å². The van der Waals surface area contributed by atoms with Gasteiger partial charge in [0, 0.05) is 31.9 Å². The van der Waals surface area contributed by atoms with Crippen LogP contribution in [0.5, 0.6) is 0 Å². The molecule has 2 rings (SSSR count). The number of hydrogen-bond acceptors (Lipinski definition) is 2. The van der Waals surface area contributed by atoms with Crippen LogP contribution in [0.2, 0.25) is 0 Å². The molecule has 0 aliphatic heterocycles. The Morgan fingerprint density at radius 3 is 2.86 bits per heavy atom. The maximum absolute atomic E-state index is 11.4. The first-order valence-corrected chi connectivity index (χ1v) is 5.02. The SMILES string of the molecule is CN(Cc1ccn(C)c(=O)c1)C1CC1. The average molecular weight is 192 g/mol. The van der Waals surface area contributed by atoms with Gasteiger partial charge >= 0.3 is 0 Å². The molecule has 1 aliphatic carbocycles. The van der Waals surface area contributed by atoms with E-state index in [0.29, 0.717) is 0 Å². The second kappa shape index (κ2) is 3.58. The van der Waals surface area contributed by atoms with Crippen LogP contribution in [0.1, 0.15) is 18.4 Å². The Bertz CT molecular complexity index is 379. The Hall–Kier alpha value is -1.09. The first kappa shape index (κ1) is 9.46.